The molecule has 0 atom stereocenters. The van der Waals surface area contributed by atoms with Crippen LogP contribution in [0.25, 0.3) is 0 Å². The van der Waals surface area contributed by atoms with Gasteiger partial charge in [-0.3, -0.25) is 9.78 Å². The molecule has 0 unspecified atom stereocenters. The van der Waals surface area contributed by atoms with Crippen LogP contribution in [0.4, 0.5) is 0 Å². The number of pyridine rings is 1. The summed E-state index contributed by atoms with van der Waals surface area (Å²) in [5, 5.41) is 0. The van der Waals surface area contributed by atoms with Crippen LogP contribution in [-0.4, -0.2) is 38.4 Å². The Balaban J connectivity index is 1.67. The van der Waals surface area contributed by atoms with E-state index in [1.165, 1.54) is 5.69 Å². The Morgan fingerprint density at radius 2 is 1.82 bits per heavy atom. The molecule has 0 aromatic carbocycles. The largest absolute Gasteiger partial charge is 0.338 e. The van der Waals surface area contributed by atoms with Gasteiger partial charge in [-0.1, -0.05) is 0 Å². The van der Waals surface area contributed by atoms with Gasteiger partial charge in [-0.05, 0) is 45.7 Å². The minimum Gasteiger partial charge on any atom is -0.338 e. The van der Waals surface area contributed by atoms with Gasteiger partial charge < -0.3 is 9.47 Å². The zero-order valence-electron chi connectivity index (χ0n) is 13.4. The zero-order chi connectivity index (χ0) is 15.7. The van der Waals surface area contributed by atoms with Gasteiger partial charge in [0.05, 0.1) is 5.56 Å². The van der Waals surface area contributed by atoms with Crippen LogP contribution in [0.3, 0.4) is 0 Å². The topological polar surface area (TPSA) is 51.0 Å². The molecule has 22 heavy (non-hydrogen) atoms. The fourth-order valence-electron chi connectivity index (χ4n) is 3.22. The summed E-state index contributed by atoms with van der Waals surface area (Å²) in [5.41, 5.74) is 2.81. The number of carbonyl (C=O) groups excluding carboxylic acids is 1. The Labute approximate surface area is 131 Å². The summed E-state index contributed by atoms with van der Waals surface area (Å²) >= 11 is 0. The average molecular weight is 298 g/mol. The molecule has 1 amide bonds. The van der Waals surface area contributed by atoms with E-state index in [9.17, 15) is 4.79 Å². The van der Waals surface area contributed by atoms with Gasteiger partial charge in [0.15, 0.2) is 0 Å². The number of piperidine rings is 1. The number of rotatable bonds is 2. The van der Waals surface area contributed by atoms with Crippen molar-refractivity contribution in [1.82, 2.24) is 19.4 Å². The van der Waals surface area contributed by atoms with E-state index in [-0.39, 0.29) is 5.91 Å². The van der Waals surface area contributed by atoms with Crippen molar-refractivity contribution < 1.29 is 4.79 Å². The first kappa shape index (κ1) is 14.8. The maximum Gasteiger partial charge on any atom is 0.255 e. The quantitative estimate of drug-likeness (QED) is 0.856. The smallest absolute Gasteiger partial charge is 0.255 e. The van der Waals surface area contributed by atoms with E-state index in [4.69, 9.17) is 0 Å². The highest BCUT2D eigenvalue weighted by Crippen LogP contribution is 2.26. The number of aromatic nitrogens is 3. The number of aryl methyl sites for hydroxylation is 3. The van der Waals surface area contributed by atoms with E-state index in [2.05, 4.69) is 21.5 Å². The van der Waals surface area contributed by atoms with Crippen molar-refractivity contribution in [1.29, 1.82) is 0 Å². The van der Waals surface area contributed by atoms with Gasteiger partial charge in [-0.25, -0.2) is 4.98 Å². The van der Waals surface area contributed by atoms with Gasteiger partial charge in [0.25, 0.3) is 5.91 Å². The minimum atomic E-state index is 0.0880. The molecular formula is C17H22N4O. The van der Waals surface area contributed by atoms with Crippen molar-refractivity contribution in [2.75, 3.05) is 13.1 Å². The second kappa shape index (κ2) is 5.91. The molecule has 0 aliphatic carbocycles. The standard InChI is InChI=1S/C17H22N4O/c1-12-4-5-15(11-18-12)17(22)20-8-6-16(7-9-20)21-13(2)10-19-14(21)3/h4-5,10-11,16H,6-9H2,1-3H3. The lowest BCUT2D eigenvalue weighted by Crippen LogP contribution is -2.39. The molecule has 0 radical (unpaired) electrons. The lowest BCUT2D eigenvalue weighted by molar-refractivity contribution is 0.0693. The van der Waals surface area contributed by atoms with Crippen LogP contribution in [0.15, 0.2) is 24.5 Å². The highest BCUT2D eigenvalue weighted by atomic mass is 16.2. The Bertz CT molecular complexity index is 647. The Hall–Kier alpha value is -2.17. The van der Waals surface area contributed by atoms with Crippen LogP contribution in [-0.2, 0) is 0 Å². The molecule has 1 fully saturated rings. The van der Waals surface area contributed by atoms with E-state index in [1.807, 2.05) is 37.1 Å². The molecule has 0 N–H and O–H groups in total. The SMILES string of the molecule is Cc1ccc(C(=O)N2CCC(n3c(C)cnc3C)CC2)cn1. The lowest BCUT2D eigenvalue weighted by Gasteiger charge is -2.33. The number of likely N-dealkylation sites (tertiary alicyclic amines) is 1. The third-order valence-electron chi connectivity index (χ3n) is 4.44. The molecule has 1 aliphatic rings. The monoisotopic (exact) mass is 298 g/mol. The van der Waals surface area contributed by atoms with Crippen molar-refractivity contribution in [3.8, 4) is 0 Å². The molecule has 2 aromatic heterocycles. The van der Waals surface area contributed by atoms with E-state index in [0.29, 0.717) is 11.6 Å². The molecule has 3 rings (SSSR count). The molecule has 5 nitrogen and oxygen atoms in total. The molecular weight excluding hydrogens is 276 g/mol. The van der Waals surface area contributed by atoms with Gasteiger partial charge in [-0.2, -0.15) is 0 Å². The van der Waals surface area contributed by atoms with Gasteiger partial charge in [0.2, 0.25) is 0 Å². The molecule has 5 heteroatoms. The molecule has 2 aromatic rings. The first-order valence-corrected chi connectivity index (χ1v) is 7.78. The van der Waals surface area contributed by atoms with Crippen molar-refractivity contribution in [3.63, 3.8) is 0 Å². The number of amides is 1. The molecule has 0 bridgehead atoms. The van der Waals surface area contributed by atoms with E-state index in [1.54, 1.807) is 6.20 Å². The number of hydrogen-bond donors (Lipinski definition) is 0. The van der Waals surface area contributed by atoms with Gasteiger partial charge in [-0.15, -0.1) is 0 Å². The van der Waals surface area contributed by atoms with Gasteiger partial charge in [0.1, 0.15) is 5.82 Å². The number of nitrogens with zero attached hydrogens (tertiary/aromatic N) is 4. The molecule has 0 saturated carbocycles. The second-order valence-corrected chi connectivity index (χ2v) is 6.03. The number of carbonyl (C=O) groups is 1. The first-order chi connectivity index (χ1) is 10.6. The van der Waals surface area contributed by atoms with Crippen molar-refractivity contribution in [2.24, 2.45) is 0 Å². The van der Waals surface area contributed by atoms with E-state index in [0.717, 1.165) is 37.4 Å². The highest BCUT2D eigenvalue weighted by Gasteiger charge is 2.26. The summed E-state index contributed by atoms with van der Waals surface area (Å²) in [7, 11) is 0. The average Bonchev–Trinajstić information content (AvgIpc) is 2.86. The fourth-order valence-corrected chi connectivity index (χ4v) is 3.22. The summed E-state index contributed by atoms with van der Waals surface area (Å²) in [4.78, 5) is 23.0. The molecule has 1 saturated heterocycles. The maximum absolute atomic E-state index is 12.5. The van der Waals surface area contributed by atoms with Crippen LogP contribution < -0.4 is 0 Å². The number of imidazole rings is 1. The summed E-state index contributed by atoms with van der Waals surface area (Å²) in [6, 6.07) is 4.20. The highest BCUT2D eigenvalue weighted by molar-refractivity contribution is 5.93. The van der Waals surface area contributed by atoms with Crippen molar-refractivity contribution in [2.45, 2.75) is 39.7 Å². The predicted octanol–water partition coefficient (Wildman–Crippen LogP) is 2.68. The predicted molar refractivity (Wildman–Crippen MR) is 84.8 cm³/mol. The molecule has 1 aliphatic heterocycles. The fraction of sp³-hybridized carbons (Fsp3) is 0.471. The van der Waals surface area contributed by atoms with Crippen LogP contribution >= 0.6 is 0 Å². The summed E-state index contributed by atoms with van der Waals surface area (Å²) in [6.45, 7) is 7.64. The van der Waals surface area contributed by atoms with Crippen LogP contribution in [0, 0.1) is 20.8 Å². The Morgan fingerprint density at radius 1 is 1.09 bits per heavy atom. The summed E-state index contributed by atoms with van der Waals surface area (Å²) in [6.07, 6.45) is 5.55. The summed E-state index contributed by atoms with van der Waals surface area (Å²) < 4.78 is 2.30. The Kier molecular flexibility index (Phi) is 3.96. The minimum absolute atomic E-state index is 0.0880. The third-order valence-corrected chi connectivity index (χ3v) is 4.44. The lowest BCUT2D eigenvalue weighted by atomic mass is 10.0. The maximum atomic E-state index is 12.5. The van der Waals surface area contributed by atoms with Crippen LogP contribution in [0.5, 0.6) is 0 Å². The molecule has 3 heterocycles. The van der Waals surface area contributed by atoms with E-state index >= 15 is 0 Å². The van der Waals surface area contributed by atoms with Crippen LogP contribution in [0.1, 0.15) is 46.5 Å². The van der Waals surface area contributed by atoms with Crippen LogP contribution in [0.2, 0.25) is 0 Å². The number of hydrogen-bond acceptors (Lipinski definition) is 3. The van der Waals surface area contributed by atoms with Crippen molar-refractivity contribution >= 4 is 5.91 Å². The Morgan fingerprint density at radius 3 is 2.36 bits per heavy atom. The van der Waals surface area contributed by atoms with Crippen molar-refractivity contribution in [3.05, 3.63) is 47.3 Å². The van der Waals surface area contributed by atoms with E-state index < -0.39 is 0 Å². The third kappa shape index (κ3) is 2.75. The first-order valence-electron chi connectivity index (χ1n) is 7.78. The van der Waals surface area contributed by atoms with Gasteiger partial charge >= 0.3 is 0 Å². The molecule has 0 spiro atoms. The zero-order valence-corrected chi connectivity index (χ0v) is 13.4. The van der Waals surface area contributed by atoms with Gasteiger partial charge in [0, 0.05) is 42.9 Å². The molecule has 116 valence electrons. The normalized spacial score (nSPS) is 16.0. The second-order valence-electron chi connectivity index (χ2n) is 6.03. The summed E-state index contributed by atoms with van der Waals surface area (Å²) in [5.74, 6) is 1.15.